The fourth-order valence-electron chi connectivity index (χ4n) is 3.84. The van der Waals surface area contributed by atoms with Crippen molar-refractivity contribution >= 4 is 11.9 Å². The average molecular weight is 347 g/mol. The van der Waals surface area contributed by atoms with Gasteiger partial charge in [-0.25, -0.2) is 0 Å². The standard InChI is InChI=1S/C18H29N5O2/c1-20-18(21-10-15-6-7-16(25-15)17(19)24)22-14-8-9-23(12-14)11-13-4-2-3-5-13/h6-7,13-14H,2-5,8-12H2,1H3,(H2,19,24)(H2,20,21,22). The highest BCUT2D eigenvalue weighted by atomic mass is 16.3. The van der Waals surface area contributed by atoms with Crippen molar-refractivity contribution in [3.63, 3.8) is 0 Å². The smallest absolute Gasteiger partial charge is 0.284 e. The molecule has 1 aromatic rings. The molecule has 7 nitrogen and oxygen atoms in total. The molecular weight excluding hydrogens is 318 g/mol. The van der Waals surface area contributed by atoms with Gasteiger partial charge in [0.05, 0.1) is 6.54 Å². The van der Waals surface area contributed by atoms with Gasteiger partial charge in [-0.2, -0.15) is 0 Å². The third-order valence-corrected chi connectivity index (χ3v) is 5.16. The monoisotopic (exact) mass is 347 g/mol. The molecule has 2 fully saturated rings. The number of hydrogen-bond donors (Lipinski definition) is 3. The summed E-state index contributed by atoms with van der Waals surface area (Å²) in [6, 6.07) is 3.76. The van der Waals surface area contributed by atoms with Gasteiger partial charge in [-0.15, -0.1) is 0 Å². The summed E-state index contributed by atoms with van der Waals surface area (Å²) >= 11 is 0. The number of guanidine groups is 1. The van der Waals surface area contributed by atoms with E-state index in [1.807, 2.05) is 0 Å². The Morgan fingerprint density at radius 2 is 2.16 bits per heavy atom. The fourth-order valence-corrected chi connectivity index (χ4v) is 3.84. The number of primary amides is 1. The van der Waals surface area contributed by atoms with Crippen molar-refractivity contribution in [2.45, 2.75) is 44.7 Å². The second-order valence-electron chi connectivity index (χ2n) is 7.10. The third-order valence-electron chi connectivity index (χ3n) is 5.16. The number of carbonyl (C=O) groups excluding carboxylic acids is 1. The molecule has 0 aromatic carbocycles. The molecule has 7 heteroatoms. The van der Waals surface area contributed by atoms with Crippen LogP contribution in [0.2, 0.25) is 0 Å². The molecule has 1 aliphatic heterocycles. The summed E-state index contributed by atoms with van der Waals surface area (Å²) in [7, 11) is 1.76. The maximum absolute atomic E-state index is 11.1. The van der Waals surface area contributed by atoms with Crippen LogP contribution in [0.3, 0.4) is 0 Å². The topological polar surface area (TPSA) is 95.9 Å². The molecule has 0 spiro atoms. The molecule has 1 amide bonds. The first-order valence-corrected chi connectivity index (χ1v) is 9.22. The van der Waals surface area contributed by atoms with Gasteiger partial charge in [0.25, 0.3) is 5.91 Å². The van der Waals surface area contributed by atoms with Crippen LogP contribution < -0.4 is 16.4 Å². The number of rotatable bonds is 6. The normalized spacial score (nSPS) is 22.4. The van der Waals surface area contributed by atoms with Crippen molar-refractivity contribution < 1.29 is 9.21 Å². The molecule has 3 rings (SSSR count). The molecule has 0 bridgehead atoms. The van der Waals surface area contributed by atoms with Crippen LogP contribution >= 0.6 is 0 Å². The van der Waals surface area contributed by atoms with Crippen molar-refractivity contribution in [1.29, 1.82) is 0 Å². The van der Waals surface area contributed by atoms with Gasteiger partial charge in [-0.1, -0.05) is 12.8 Å². The zero-order valence-corrected chi connectivity index (χ0v) is 15.0. The Morgan fingerprint density at radius 1 is 1.36 bits per heavy atom. The van der Waals surface area contributed by atoms with Crippen LogP contribution in [0.25, 0.3) is 0 Å². The Morgan fingerprint density at radius 3 is 2.84 bits per heavy atom. The highest BCUT2D eigenvalue weighted by Gasteiger charge is 2.26. The van der Waals surface area contributed by atoms with Crippen LogP contribution in [0.4, 0.5) is 0 Å². The molecule has 2 aliphatic rings. The summed E-state index contributed by atoms with van der Waals surface area (Å²) < 4.78 is 5.37. The molecule has 1 saturated heterocycles. The second kappa shape index (κ2) is 8.38. The van der Waals surface area contributed by atoms with Crippen molar-refractivity contribution in [3.05, 3.63) is 23.7 Å². The van der Waals surface area contributed by atoms with E-state index in [9.17, 15) is 4.79 Å². The minimum absolute atomic E-state index is 0.179. The molecule has 138 valence electrons. The van der Waals surface area contributed by atoms with Crippen molar-refractivity contribution in [1.82, 2.24) is 15.5 Å². The largest absolute Gasteiger partial charge is 0.454 e. The predicted molar refractivity (Wildman–Crippen MR) is 97.4 cm³/mol. The molecule has 25 heavy (non-hydrogen) atoms. The van der Waals surface area contributed by atoms with E-state index in [0.717, 1.165) is 31.4 Å². The number of nitrogens with zero attached hydrogens (tertiary/aromatic N) is 2. The summed E-state index contributed by atoms with van der Waals surface area (Å²) in [5, 5.41) is 6.71. The molecule has 1 aliphatic carbocycles. The van der Waals surface area contributed by atoms with Gasteiger partial charge in [0.1, 0.15) is 5.76 Å². The average Bonchev–Trinajstić information content (AvgIpc) is 3.34. The number of aliphatic imine (C=N–C) groups is 1. The molecule has 1 atom stereocenters. The first-order chi connectivity index (χ1) is 12.1. The van der Waals surface area contributed by atoms with Crippen LogP contribution in [-0.4, -0.2) is 49.5 Å². The molecule has 1 aromatic heterocycles. The number of likely N-dealkylation sites (tertiary alicyclic amines) is 1. The van der Waals surface area contributed by atoms with Crippen molar-refractivity contribution in [3.8, 4) is 0 Å². The van der Waals surface area contributed by atoms with Crippen LogP contribution in [0.1, 0.15) is 48.4 Å². The van der Waals surface area contributed by atoms with Gasteiger partial charge in [-0.3, -0.25) is 9.79 Å². The lowest BCUT2D eigenvalue weighted by atomic mass is 10.1. The van der Waals surface area contributed by atoms with Crippen molar-refractivity contribution in [2.75, 3.05) is 26.7 Å². The van der Waals surface area contributed by atoms with Gasteiger partial charge in [-0.05, 0) is 37.3 Å². The number of furan rings is 1. The van der Waals surface area contributed by atoms with Gasteiger partial charge in [0, 0.05) is 32.7 Å². The van der Waals surface area contributed by atoms with E-state index >= 15 is 0 Å². The highest BCUT2D eigenvalue weighted by Crippen LogP contribution is 2.26. The summed E-state index contributed by atoms with van der Waals surface area (Å²) in [6.07, 6.45) is 6.74. The SMILES string of the molecule is CN=C(NCc1ccc(C(N)=O)o1)NC1CCN(CC2CCCC2)C1. The zero-order valence-electron chi connectivity index (χ0n) is 15.0. The Hall–Kier alpha value is -2.02. The van der Waals surface area contributed by atoms with Gasteiger partial charge in [0.15, 0.2) is 11.7 Å². The first kappa shape index (κ1) is 17.8. The van der Waals surface area contributed by atoms with Crippen LogP contribution in [-0.2, 0) is 6.54 Å². The van der Waals surface area contributed by atoms with E-state index in [4.69, 9.17) is 10.2 Å². The molecule has 1 unspecified atom stereocenters. The van der Waals surface area contributed by atoms with E-state index in [1.165, 1.54) is 32.2 Å². The highest BCUT2D eigenvalue weighted by molar-refractivity contribution is 5.89. The van der Waals surface area contributed by atoms with Crippen LogP contribution in [0, 0.1) is 5.92 Å². The van der Waals surface area contributed by atoms with Gasteiger partial charge in [0.2, 0.25) is 0 Å². The number of nitrogens with two attached hydrogens (primary N) is 1. The Labute approximate surface area is 149 Å². The third kappa shape index (κ3) is 4.98. The predicted octanol–water partition coefficient (Wildman–Crippen LogP) is 1.31. The Bertz CT molecular complexity index is 606. The van der Waals surface area contributed by atoms with Crippen molar-refractivity contribution in [2.24, 2.45) is 16.6 Å². The summed E-state index contributed by atoms with van der Waals surface area (Å²) in [4.78, 5) is 17.9. The molecule has 0 radical (unpaired) electrons. The number of amides is 1. The molecule has 4 N–H and O–H groups in total. The summed E-state index contributed by atoms with van der Waals surface area (Å²) in [6.45, 7) is 3.94. The summed E-state index contributed by atoms with van der Waals surface area (Å²) in [5.74, 6) is 1.94. The van der Waals surface area contributed by atoms with E-state index in [0.29, 0.717) is 18.3 Å². The van der Waals surface area contributed by atoms with Gasteiger partial charge >= 0.3 is 0 Å². The Kier molecular flexibility index (Phi) is 5.96. The summed E-state index contributed by atoms with van der Waals surface area (Å²) in [5.41, 5.74) is 5.20. The van der Waals surface area contributed by atoms with E-state index in [2.05, 4.69) is 20.5 Å². The van der Waals surface area contributed by atoms with Crippen LogP contribution in [0.5, 0.6) is 0 Å². The van der Waals surface area contributed by atoms with E-state index in [1.54, 1.807) is 19.2 Å². The number of carbonyl (C=O) groups is 1. The lowest BCUT2D eigenvalue weighted by Gasteiger charge is -2.21. The molecular formula is C18H29N5O2. The first-order valence-electron chi connectivity index (χ1n) is 9.22. The zero-order chi connectivity index (χ0) is 17.6. The lowest BCUT2D eigenvalue weighted by Crippen LogP contribution is -2.44. The van der Waals surface area contributed by atoms with E-state index in [-0.39, 0.29) is 5.76 Å². The minimum atomic E-state index is -0.554. The minimum Gasteiger partial charge on any atom is -0.454 e. The van der Waals surface area contributed by atoms with Gasteiger partial charge < -0.3 is 25.7 Å². The quantitative estimate of drug-likeness (QED) is 0.533. The Balaban J connectivity index is 1.42. The lowest BCUT2D eigenvalue weighted by molar-refractivity contribution is 0.0972. The van der Waals surface area contributed by atoms with E-state index < -0.39 is 5.91 Å². The van der Waals surface area contributed by atoms with Crippen LogP contribution in [0.15, 0.2) is 21.5 Å². The number of hydrogen-bond acceptors (Lipinski definition) is 4. The second-order valence-corrected chi connectivity index (χ2v) is 7.10. The molecule has 2 heterocycles. The maximum atomic E-state index is 11.1. The number of nitrogens with one attached hydrogen (secondary N) is 2. The molecule has 1 saturated carbocycles. The maximum Gasteiger partial charge on any atom is 0.284 e. The fraction of sp³-hybridized carbons (Fsp3) is 0.667.